The summed E-state index contributed by atoms with van der Waals surface area (Å²) in [5.41, 5.74) is 0.447. The predicted molar refractivity (Wildman–Crippen MR) is 109 cm³/mol. The molecule has 3 rings (SSSR count). The molecule has 154 valence electrons. The first-order valence-corrected chi connectivity index (χ1v) is 9.86. The van der Waals surface area contributed by atoms with E-state index in [0.717, 1.165) is 22.7 Å². The van der Waals surface area contributed by atoms with Gasteiger partial charge in [0.1, 0.15) is 0 Å². The number of carbonyl (C=O) groups excluding carboxylic acids is 2. The van der Waals surface area contributed by atoms with E-state index in [1.807, 2.05) is 24.3 Å². The Bertz CT molecular complexity index is 931. The molecule has 0 fully saturated rings. The number of anilines is 3. The van der Waals surface area contributed by atoms with Crippen molar-refractivity contribution in [1.82, 2.24) is 0 Å². The molecule has 1 aliphatic rings. The molecule has 0 aromatic heterocycles. The summed E-state index contributed by atoms with van der Waals surface area (Å²) < 4.78 is 39.1. The summed E-state index contributed by atoms with van der Waals surface area (Å²) in [6, 6.07) is 10.6. The molecule has 1 aliphatic heterocycles. The minimum absolute atomic E-state index is 0.0339. The Labute approximate surface area is 170 Å². The van der Waals surface area contributed by atoms with Crippen molar-refractivity contribution in [3.8, 4) is 0 Å². The molecule has 0 saturated heterocycles. The monoisotopic (exact) mass is 423 g/mol. The maximum absolute atomic E-state index is 13.0. The third-order valence-electron chi connectivity index (χ3n) is 4.45. The zero-order chi connectivity index (χ0) is 21.2. The van der Waals surface area contributed by atoms with Crippen molar-refractivity contribution in [2.45, 2.75) is 17.5 Å². The van der Waals surface area contributed by atoms with Crippen LogP contribution >= 0.6 is 11.8 Å². The van der Waals surface area contributed by atoms with Gasteiger partial charge in [-0.3, -0.25) is 9.59 Å². The number of carbonyl (C=O) groups is 2. The Morgan fingerprint density at radius 3 is 2.62 bits per heavy atom. The van der Waals surface area contributed by atoms with Crippen LogP contribution in [0.5, 0.6) is 0 Å². The second-order valence-electron chi connectivity index (χ2n) is 6.72. The van der Waals surface area contributed by atoms with Crippen molar-refractivity contribution >= 4 is 40.6 Å². The van der Waals surface area contributed by atoms with Gasteiger partial charge < -0.3 is 15.1 Å². The highest BCUT2D eigenvalue weighted by atomic mass is 32.2. The van der Waals surface area contributed by atoms with E-state index in [9.17, 15) is 22.8 Å². The number of thioether (sulfide) groups is 1. The Morgan fingerprint density at radius 2 is 1.93 bits per heavy atom. The van der Waals surface area contributed by atoms with Crippen LogP contribution in [0.25, 0.3) is 0 Å². The summed E-state index contributed by atoms with van der Waals surface area (Å²) in [6.07, 6.45) is -4.54. The highest BCUT2D eigenvalue weighted by Gasteiger charge is 2.31. The second-order valence-corrected chi connectivity index (χ2v) is 7.74. The molecule has 29 heavy (non-hydrogen) atoms. The zero-order valence-corrected chi connectivity index (χ0v) is 16.7. The normalized spacial score (nSPS) is 13.8. The number of alkyl halides is 3. The number of amides is 2. The Kier molecular flexibility index (Phi) is 6.07. The van der Waals surface area contributed by atoms with Gasteiger partial charge >= 0.3 is 6.18 Å². The topological polar surface area (TPSA) is 52.7 Å². The van der Waals surface area contributed by atoms with Crippen LogP contribution in [0.1, 0.15) is 12.0 Å². The zero-order valence-electron chi connectivity index (χ0n) is 15.9. The number of rotatable bonds is 5. The lowest BCUT2D eigenvalue weighted by Gasteiger charge is -2.28. The van der Waals surface area contributed by atoms with Crippen molar-refractivity contribution in [2.24, 2.45) is 0 Å². The van der Waals surface area contributed by atoms with Crippen LogP contribution in [0.4, 0.5) is 30.2 Å². The molecule has 0 atom stereocenters. The number of hydrogen-bond acceptors (Lipinski definition) is 4. The molecular formula is C20H20F3N3O2S. The lowest BCUT2D eigenvalue weighted by molar-refractivity contribution is -0.137. The fourth-order valence-electron chi connectivity index (χ4n) is 3.03. The van der Waals surface area contributed by atoms with Gasteiger partial charge in [0.05, 0.1) is 28.4 Å². The summed E-state index contributed by atoms with van der Waals surface area (Å²) in [4.78, 5) is 28.9. The SMILES string of the molecule is CN(C)c1ccc(C(F)(F)F)cc1NC(=O)CCN1C(=O)CSc2ccccc21. The van der Waals surface area contributed by atoms with Gasteiger partial charge in [-0.15, -0.1) is 11.8 Å². The van der Waals surface area contributed by atoms with Gasteiger partial charge in [0.25, 0.3) is 0 Å². The fraction of sp³-hybridized carbons (Fsp3) is 0.300. The number of nitrogens with one attached hydrogen (secondary N) is 1. The van der Waals surface area contributed by atoms with Crippen molar-refractivity contribution in [1.29, 1.82) is 0 Å². The minimum atomic E-state index is -4.51. The first-order valence-electron chi connectivity index (χ1n) is 8.87. The highest BCUT2D eigenvalue weighted by Crippen LogP contribution is 2.36. The van der Waals surface area contributed by atoms with Crippen LogP contribution in [0.3, 0.4) is 0 Å². The molecule has 2 amide bonds. The maximum atomic E-state index is 13.0. The number of fused-ring (bicyclic) bond motifs is 1. The van der Waals surface area contributed by atoms with Crippen LogP contribution < -0.4 is 15.1 Å². The summed E-state index contributed by atoms with van der Waals surface area (Å²) in [5.74, 6) is -0.276. The maximum Gasteiger partial charge on any atom is 0.416 e. The number of para-hydroxylation sites is 1. The Morgan fingerprint density at radius 1 is 1.21 bits per heavy atom. The first-order chi connectivity index (χ1) is 13.7. The van der Waals surface area contributed by atoms with E-state index < -0.39 is 17.6 Å². The Balaban J connectivity index is 1.74. The molecule has 2 aromatic rings. The lowest BCUT2D eigenvalue weighted by Crippen LogP contribution is -2.37. The van der Waals surface area contributed by atoms with Gasteiger partial charge in [0.2, 0.25) is 11.8 Å². The lowest BCUT2D eigenvalue weighted by atomic mass is 10.1. The molecule has 0 saturated carbocycles. The average Bonchev–Trinajstić information content (AvgIpc) is 2.66. The molecule has 1 heterocycles. The van der Waals surface area contributed by atoms with Crippen molar-refractivity contribution < 1.29 is 22.8 Å². The third kappa shape index (κ3) is 4.84. The van der Waals surface area contributed by atoms with Crippen LogP contribution in [0, 0.1) is 0 Å². The second kappa shape index (κ2) is 8.36. The van der Waals surface area contributed by atoms with Gasteiger partial charge in [-0.25, -0.2) is 0 Å². The van der Waals surface area contributed by atoms with Gasteiger partial charge in [0, 0.05) is 32.0 Å². The molecule has 5 nitrogen and oxygen atoms in total. The summed E-state index contributed by atoms with van der Waals surface area (Å²) in [7, 11) is 3.36. The molecule has 1 N–H and O–H groups in total. The van der Waals surface area contributed by atoms with Gasteiger partial charge in [-0.1, -0.05) is 12.1 Å². The number of nitrogens with zero attached hydrogens (tertiary/aromatic N) is 2. The van der Waals surface area contributed by atoms with E-state index >= 15 is 0 Å². The van der Waals surface area contributed by atoms with E-state index in [0.29, 0.717) is 5.69 Å². The largest absolute Gasteiger partial charge is 0.416 e. The van der Waals surface area contributed by atoms with Gasteiger partial charge in [0.15, 0.2) is 0 Å². The van der Waals surface area contributed by atoms with Crippen LogP contribution in [0.2, 0.25) is 0 Å². The van der Waals surface area contributed by atoms with Crippen LogP contribution in [0.15, 0.2) is 47.4 Å². The Hall–Kier alpha value is -2.68. The molecule has 0 radical (unpaired) electrons. The van der Waals surface area contributed by atoms with Crippen molar-refractivity contribution in [3.63, 3.8) is 0 Å². The predicted octanol–water partition coefficient (Wildman–Crippen LogP) is 4.24. The smallest absolute Gasteiger partial charge is 0.376 e. The van der Waals surface area contributed by atoms with E-state index in [1.165, 1.54) is 17.8 Å². The van der Waals surface area contributed by atoms with Crippen molar-refractivity contribution in [2.75, 3.05) is 41.5 Å². The van der Waals surface area contributed by atoms with E-state index in [4.69, 9.17) is 0 Å². The molecule has 0 spiro atoms. The van der Waals surface area contributed by atoms with Gasteiger partial charge in [-0.2, -0.15) is 13.2 Å². The highest BCUT2D eigenvalue weighted by molar-refractivity contribution is 8.00. The van der Waals surface area contributed by atoms with Crippen LogP contribution in [-0.2, 0) is 15.8 Å². The molecule has 0 aliphatic carbocycles. The van der Waals surface area contributed by atoms with Crippen molar-refractivity contribution in [3.05, 3.63) is 48.0 Å². The number of benzene rings is 2. The standard InChI is InChI=1S/C20H20F3N3O2S/c1-25(2)15-8-7-13(20(21,22)23)11-14(15)24-18(27)9-10-26-16-5-3-4-6-17(16)29-12-19(26)28/h3-8,11H,9-10,12H2,1-2H3,(H,24,27). The molecular weight excluding hydrogens is 403 g/mol. The quantitative estimate of drug-likeness (QED) is 0.782. The number of halogens is 3. The van der Waals surface area contributed by atoms with E-state index in [1.54, 1.807) is 23.9 Å². The third-order valence-corrected chi connectivity index (χ3v) is 5.50. The summed E-state index contributed by atoms with van der Waals surface area (Å²) >= 11 is 1.44. The molecule has 0 unspecified atom stereocenters. The van der Waals surface area contributed by atoms with E-state index in [2.05, 4.69) is 5.32 Å². The summed E-state index contributed by atoms with van der Waals surface area (Å²) in [6.45, 7) is 0.151. The fourth-order valence-corrected chi connectivity index (χ4v) is 3.96. The molecule has 2 aromatic carbocycles. The summed E-state index contributed by atoms with van der Waals surface area (Å²) in [5, 5.41) is 2.56. The molecule has 0 bridgehead atoms. The molecule has 9 heteroatoms. The van der Waals surface area contributed by atoms with Crippen LogP contribution in [-0.4, -0.2) is 38.2 Å². The first kappa shape index (κ1) is 21.0. The average molecular weight is 423 g/mol. The minimum Gasteiger partial charge on any atom is -0.376 e. The van der Waals surface area contributed by atoms with E-state index in [-0.39, 0.29) is 30.3 Å². The van der Waals surface area contributed by atoms with Gasteiger partial charge in [-0.05, 0) is 30.3 Å². The number of hydrogen-bond donors (Lipinski definition) is 1.